The number of nitrogens with zero attached hydrogens (tertiary/aromatic N) is 2. The van der Waals surface area contributed by atoms with Gasteiger partial charge >= 0.3 is 0 Å². The van der Waals surface area contributed by atoms with Gasteiger partial charge in [-0.1, -0.05) is 12.1 Å². The Labute approximate surface area is 143 Å². The lowest BCUT2D eigenvalue weighted by Crippen LogP contribution is -2.32. The number of benzene rings is 2. The van der Waals surface area contributed by atoms with Crippen molar-refractivity contribution in [1.29, 1.82) is 5.26 Å². The molecule has 1 atom stereocenters. The Morgan fingerprint density at radius 3 is 2.91 bits per heavy atom. The van der Waals surface area contributed by atoms with Gasteiger partial charge in [0.15, 0.2) is 0 Å². The zero-order valence-corrected chi connectivity index (χ0v) is 14.3. The number of halogens is 1. The number of amides is 1. The molecule has 0 aromatic heterocycles. The number of anilines is 2. The summed E-state index contributed by atoms with van der Waals surface area (Å²) in [7, 11) is 0. The lowest BCUT2D eigenvalue weighted by atomic mass is 10.1. The van der Waals surface area contributed by atoms with Crippen LogP contribution in [-0.4, -0.2) is 18.5 Å². The highest BCUT2D eigenvalue weighted by atomic mass is 79.9. The van der Waals surface area contributed by atoms with Crippen LogP contribution in [0, 0.1) is 11.3 Å². The first-order chi connectivity index (χ1) is 11.1. The molecule has 0 saturated carbocycles. The fourth-order valence-corrected chi connectivity index (χ4v) is 3.06. The molecule has 1 aliphatic heterocycles. The Morgan fingerprint density at radius 2 is 2.13 bits per heavy atom. The lowest BCUT2D eigenvalue weighted by Gasteiger charge is -2.22. The van der Waals surface area contributed by atoms with Crippen molar-refractivity contribution in [2.45, 2.75) is 19.4 Å². The molecule has 0 saturated heterocycles. The lowest BCUT2D eigenvalue weighted by molar-refractivity contribution is 0.0987. The Bertz CT molecular complexity index is 797. The number of carbonyl (C=O) groups excluding carboxylic acids is 1. The van der Waals surface area contributed by atoms with Crippen LogP contribution < -0.4 is 10.2 Å². The first-order valence-electron chi connectivity index (χ1n) is 7.47. The van der Waals surface area contributed by atoms with Crippen LogP contribution >= 0.6 is 15.9 Å². The van der Waals surface area contributed by atoms with Gasteiger partial charge in [-0.25, -0.2) is 0 Å². The first kappa shape index (κ1) is 15.6. The average molecular weight is 370 g/mol. The van der Waals surface area contributed by atoms with Crippen molar-refractivity contribution < 1.29 is 4.79 Å². The third kappa shape index (κ3) is 3.08. The Hall–Kier alpha value is -2.32. The summed E-state index contributed by atoms with van der Waals surface area (Å²) in [6.45, 7) is 2.75. The third-order valence-corrected chi connectivity index (χ3v) is 4.65. The smallest absolute Gasteiger partial charge is 0.258 e. The number of para-hydroxylation sites is 2. The van der Waals surface area contributed by atoms with E-state index in [1.165, 1.54) is 0 Å². The van der Waals surface area contributed by atoms with Gasteiger partial charge in [0.25, 0.3) is 5.91 Å². The van der Waals surface area contributed by atoms with E-state index in [0.29, 0.717) is 28.2 Å². The third-order valence-electron chi connectivity index (χ3n) is 3.96. The van der Waals surface area contributed by atoms with E-state index in [0.717, 1.165) is 17.8 Å². The van der Waals surface area contributed by atoms with Gasteiger partial charge in [-0.15, -0.1) is 0 Å². The number of hydrogen-bond acceptors (Lipinski definition) is 3. The van der Waals surface area contributed by atoms with Crippen molar-refractivity contribution in [2.75, 3.05) is 16.8 Å². The van der Waals surface area contributed by atoms with Crippen molar-refractivity contribution in [3.63, 3.8) is 0 Å². The fourth-order valence-electron chi connectivity index (χ4n) is 2.72. The predicted octanol–water partition coefficient (Wildman–Crippen LogP) is 4.17. The second-order valence-corrected chi connectivity index (χ2v) is 6.47. The van der Waals surface area contributed by atoms with E-state index in [2.05, 4.69) is 34.2 Å². The maximum absolute atomic E-state index is 13.0. The Balaban J connectivity index is 2.01. The van der Waals surface area contributed by atoms with E-state index in [4.69, 9.17) is 5.26 Å². The molecule has 1 heterocycles. The molecule has 0 spiro atoms. The molecule has 0 radical (unpaired) electrons. The van der Waals surface area contributed by atoms with Crippen LogP contribution in [0.3, 0.4) is 0 Å². The molecule has 2 aromatic carbocycles. The number of rotatable bonds is 1. The van der Waals surface area contributed by atoms with Gasteiger partial charge in [0.1, 0.15) is 6.07 Å². The van der Waals surface area contributed by atoms with Crippen molar-refractivity contribution in [3.8, 4) is 6.07 Å². The summed E-state index contributed by atoms with van der Waals surface area (Å²) in [5.41, 5.74) is 2.83. The number of nitrogens with one attached hydrogen (secondary N) is 1. The SMILES string of the molecule is CC1CCN(C(=O)c2ccc(Br)c(C#N)c2)c2ccccc2N1. The van der Waals surface area contributed by atoms with Gasteiger partial charge in [-0.05, 0) is 59.6 Å². The van der Waals surface area contributed by atoms with E-state index in [9.17, 15) is 4.79 Å². The van der Waals surface area contributed by atoms with Crippen molar-refractivity contribution in [2.24, 2.45) is 0 Å². The van der Waals surface area contributed by atoms with Gasteiger partial charge in [0.2, 0.25) is 0 Å². The molecule has 116 valence electrons. The number of hydrogen-bond donors (Lipinski definition) is 1. The van der Waals surface area contributed by atoms with Crippen LogP contribution in [0.15, 0.2) is 46.9 Å². The van der Waals surface area contributed by atoms with E-state index < -0.39 is 0 Å². The molecular weight excluding hydrogens is 354 g/mol. The van der Waals surface area contributed by atoms with Crippen LogP contribution in [0.2, 0.25) is 0 Å². The largest absolute Gasteiger partial charge is 0.381 e. The molecular formula is C18H16BrN3O. The van der Waals surface area contributed by atoms with E-state index in [1.807, 2.05) is 24.3 Å². The fraction of sp³-hybridized carbons (Fsp3) is 0.222. The quantitative estimate of drug-likeness (QED) is 0.820. The van der Waals surface area contributed by atoms with Gasteiger partial charge in [-0.2, -0.15) is 5.26 Å². The zero-order chi connectivity index (χ0) is 16.4. The maximum Gasteiger partial charge on any atom is 0.258 e. The molecule has 4 nitrogen and oxygen atoms in total. The highest BCUT2D eigenvalue weighted by Gasteiger charge is 2.24. The van der Waals surface area contributed by atoms with E-state index >= 15 is 0 Å². The summed E-state index contributed by atoms with van der Waals surface area (Å²) >= 11 is 3.32. The summed E-state index contributed by atoms with van der Waals surface area (Å²) in [5, 5.41) is 12.6. The van der Waals surface area contributed by atoms with E-state index in [1.54, 1.807) is 23.1 Å². The minimum Gasteiger partial charge on any atom is -0.381 e. The Kier molecular flexibility index (Phi) is 4.35. The topological polar surface area (TPSA) is 56.1 Å². The van der Waals surface area contributed by atoms with Gasteiger partial charge in [-0.3, -0.25) is 4.79 Å². The van der Waals surface area contributed by atoms with Gasteiger partial charge < -0.3 is 10.2 Å². The summed E-state index contributed by atoms with van der Waals surface area (Å²) < 4.78 is 0.697. The monoisotopic (exact) mass is 369 g/mol. The maximum atomic E-state index is 13.0. The van der Waals surface area contributed by atoms with Crippen molar-refractivity contribution >= 4 is 33.2 Å². The minimum atomic E-state index is -0.0858. The molecule has 0 fully saturated rings. The Morgan fingerprint density at radius 1 is 1.35 bits per heavy atom. The number of fused-ring (bicyclic) bond motifs is 1. The molecule has 2 aromatic rings. The van der Waals surface area contributed by atoms with Crippen LogP contribution in [0.4, 0.5) is 11.4 Å². The van der Waals surface area contributed by atoms with Crippen molar-refractivity contribution in [3.05, 3.63) is 58.1 Å². The highest BCUT2D eigenvalue weighted by Crippen LogP contribution is 2.31. The molecule has 1 aliphatic rings. The zero-order valence-electron chi connectivity index (χ0n) is 12.7. The second kappa shape index (κ2) is 6.43. The molecule has 3 rings (SSSR count). The average Bonchev–Trinajstić information content (AvgIpc) is 2.73. The first-order valence-corrected chi connectivity index (χ1v) is 8.26. The van der Waals surface area contributed by atoms with Gasteiger partial charge in [0.05, 0.1) is 16.9 Å². The van der Waals surface area contributed by atoms with Crippen LogP contribution in [-0.2, 0) is 0 Å². The molecule has 0 bridgehead atoms. The molecule has 0 aliphatic carbocycles. The summed E-state index contributed by atoms with van der Waals surface area (Å²) in [6.07, 6.45) is 0.863. The molecule has 5 heteroatoms. The molecule has 1 N–H and O–H groups in total. The van der Waals surface area contributed by atoms with Gasteiger partial charge in [0, 0.05) is 22.6 Å². The number of nitriles is 1. The normalized spacial score (nSPS) is 16.7. The van der Waals surface area contributed by atoms with Crippen molar-refractivity contribution in [1.82, 2.24) is 0 Å². The minimum absolute atomic E-state index is 0.0858. The molecule has 1 unspecified atom stereocenters. The summed E-state index contributed by atoms with van der Waals surface area (Å²) in [4.78, 5) is 14.8. The molecule has 23 heavy (non-hydrogen) atoms. The standard InChI is InChI=1S/C18H16BrN3O/c1-12-8-9-22(17-5-3-2-4-16(17)21-12)18(23)13-6-7-15(19)14(10-13)11-20/h2-7,10,12,21H,8-9H2,1H3. The predicted molar refractivity (Wildman–Crippen MR) is 94.7 cm³/mol. The molecule has 1 amide bonds. The number of carbonyl (C=O) groups is 1. The van der Waals surface area contributed by atoms with Crippen LogP contribution in [0.25, 0.3) is 0 Å². The highest BCUT2D eigenvalue weighted by molar-refractivity contribution is 9.10. The van der Waals surface area contributed by atoms with Crippen LogP contribution in [0.5, 0.6) is 0 Å². The summed E-state index contributed by atoms with van der Waals surface area (Å²) in [5.74, 6) is -0.0858. The summed E-state index contributed by atoms with van der Waals surface area (Å²) in [6, 6.07) is 15.4. The van der Waals surface area contributed by atoms with Crippen LogP contribution in [0.1, 0.15) is 29.3 Å². The van der Waals surface area contributed by atoms with E-state index in [-0.39, 0.29) is 5.91 Å². The second-order valence-electron chi connectivity index (χ2n) is 5.61.